The van der Waals surface area contributed by atoms with Gasteiger partial charge in [-0.1, -0.05) is 32.6 Å². The van der Waals surface area contributed by atoms with Gasteiger partial charge in [-0.25, -0.2) is 0 Å². The summed E-state index contributed by atoms with van der Waals surface area (Å²) in [4.78, 5) is 11.6. The van der Waals surface area contributed by atoms with Gasteiger partial charge in [0.1, 0.15) is 0 Å². The molecule has 0 bridgehead atoms. The topological polar surface area (TPSA) is 38.3 Å². The number of carbonyl (C=O) groups excluding carboxylic acids is 1. The van der Waals surface area contributed by atoms with Crippen molar-refractivity contribution < 1.29 is 9.53 Å². The largest absolute Gasteiger partial charge is 0.466 e. The lowest BCUT2D eigenvalue weighted by atomic mass is 9.90. The molecule has 3 heteroatoms. The molecule has 0 heterocycles. The highest BCUT2D eigenvalue weighted by atomic mass is 16.5. The molecule has 0 aromatic heterocycles. The number of ether oxygens (including phenoxy) is 1. The summed E-state index contributed by atoms with van der Waals surface area (Å²) in [6, 6.07) is 0.317. The smallest absolute Gasteiger partial charge is 0.307 e. The van der Waals surface area contributed by atoms with Crippen molar-refractivity contribution in [2.24, 2.45) is 5.92 Å². The van der Waals surface area contributed by atoms with Gasteiger partial charge in [-0.15, -0.1) is 0 Å². The summed E-state index contributed by atoms with van der Waals surface area (Å²) < 4.78 is 5.06. The van der Waals surface area contributed by atoms with Crippen LogP contribution in [0.4, 0.5) is 0 Å². The monoisotopic (exact) mass is 241 g/mol. The number of rotatable bonds is 6. The molecule has 0 aromatic carbocycles. The quantitative estimate of drug-likeness (QED) is 0.574. The van der Waals surface area contributed by atoms with E-state index in [1.54, 1.807) is 0 Å². The predicted octanol–water partition coefficient (Wildman–Crippen LogP) is 2.89. The maximum atomic E-state index is 11.6. The molecular weight excluding hydrogens is 214 g/mol. The third-order valence-electron chi connectivity index (χ3n) is 3.63. The number of carbonyl (C=O) groups is 1. The van der Waals surface area contributed by atoms with Crippen molar-refractivity contribution in [3.05, 3.63) is 0 Å². The van der Waals surface area contributed by atoms with Crippen LogP contribution < -0.4 is 5.32 Å². The molecule has 1 N–H and O–H groups in total. The molecule has 1 unspecified atom stereocenters. The fraction of sp³-hybridized carbons (Fsp3) is 0.929. The Hall–Kier alpha value is -0.570. The summed E-state index contributed by atoms with van der Waals surface area (Å²) in [5, 5.41) is 3.47. The fourth-order valence-corrected chi connectivity index (χ4v) is 2.78. The van der Waals surface area contributed by atoms with Crippen molar-refractivity contribution in [3.63, 3.8) is 0 Å². The van der Waals surface area contributed by atoms with E-state index >= 15 is 0 Å². The molecule has 17 heavy (non-hydrogen) atoms. The van der Waals surface area contributed by atoms with Gasteiger partial charge in [0.15, 0.2) is 0 Å². The molecule has 0 aliphatic heterocycles. The summed E-state index contributed by atoms with van der Waals surface area (Å²) in [7, 11) is 0. The van der Waals surface area contributed by atoms with Crippen molar-refractivity contribution in [3.8, 4) is 0 Å². The van der Waals surface area contributed by atoms with Gasteiger partial charge in [0.05, 0.1) is 13.0 Å². The normalized spacial score (nSPS) is 19.6. The predicted molar refractivity (Wildman–Crippen MR) is 69.9 cm³/mol. The summed E-state index contributed by atoms with van der Waals surface area (Å²) in [6.07, 6.45) is 8.40. The second kappa shape index (κ2) is 8.51. The molecular formula is C14H27NO2. The number of esters is 1. The zero-order chi connectivity index (χ0) is 12.5. The van der Waals surface area contributed by atoms with Crippen LogP contribution in [-0.2, 0) is 9.53 Å². The van der Waals surface area contributed by atoms with E-state index < -0.39 is 0 Å². The Kier molecular flexibility index (Phi) is 7.25. The van der Waals surface area contributed by atoms with E-state index in [1.165, 1.54) is 38.5 Å². The van der Waals surface area contributed by atoms with Crippen LogP contribution in [0.5, 0.6) is 0 Å². The van der Waals surface area contributed by atoms with Gasteiger partial charge in [0.2, 0.25) is 0 Å². The van der Waals surface area contributed by atoms with Gasteiger partial charge in [0.25, 0.3) is 0 Å². The molecule has 1 fully saturated rings. The third-order valence-corrected chi connectivity index (χ3v) is 3.63. The van der Waals surface area contributed by atoms with Crippen molar-refractivity contribution in [1.82, 2.24) is 5.32 Å². The van der Waals surface area contributed by atoms with E-state index in [2.05, 4.69) is 12.2 Å². The van der Waals surface area contributed by atoms with E-state index in [4.69, 9.17) is 4.74 Å². The van der Waals surface area contributed by atoms with Crippen molar-refractivity contribution in [2.75, 3.05) is 13.2 Å². The van der Waals surface area contributed by atoms with Crippen molar-refractivity contribution >= 4 is 5.97 Å². The third kappa shape index (κ3) is 5.53. The zero-order valence-electron chi connectivity index (χ0n) is 11.3. The first-order valence-electron chi connectivity index (χ1n) is 7.16. The molecule has 0 aromatic rings. The Morgan fingerprint density at radius 1 is 1.24 bits per heavy atom. The maximum absolute atomic E-state index is 11.6. The van der Waals surface area contributed by atoms with Crippen molar-refractivity contribution in [1.29, 1.82) is 0 Å². The Balaban J connectivity index is 2.47. The summed E-state index contributed by atoms with van der Waals surface area (Å²) in [6.45, 7) is 5.39. The number of hydrogen-bond donors (Lipinski definition) is 1. The van der Waals surface area contributed by atoms with Crippen LogP contribution in [0, 0.1) is 5.92 Å². The number of nitrogens with one attached hydrogen (secondary N) is 1. The fourth-order valence-electron chi connectivity index (χ4n) is 2.78. The first kappa shape index (κ1) is 14.5. The lowest BCUT2D eigenvalue weighted by Gasteiger charge is -2.26. The molecule has 0 radical (unpaired) electrons. The first-order valence-corrected chi connectivity index (χ1v) is 7.16. The van der Waals surface area contributed by atoms with E-state index in [9.17, 15) is 4.79 Å². The summed E-state index contributed by atoms with van der Waals surface area (Å²) in [5.74, 6) is 0.601. The van der Waals surface area contributed by atoms with Crippen LogP contribution >= 0.6 is 0 Å². The maximum Gasteiger partial charge on any atom is 0.307 e. The molecule has 3 nitrogen and oxygen atoms in total. The zero-order valence-corrected chi connectivity index (χ0v) is 11.3. The van der Waals surface area contributed by atoms with E-state index in [0.717, 1.165) is 6.54 Å². The highest BCUT2D eigenvalue weighted by Gasteiger charge is 2.24. The van der Waals surface area contributed by atoms with Gasteiger partial charge in [0, 0.05) is 6.04 Å². The lowest BCUT2D eigenvalue weighted by Crippen LogP contribution is -2.38. The molecule has 0 saturated heterocycles. The highest BCUT2D eigenvalue weighted by molar-refractivity contribution is 5.70. The average Bonchev–Trinajstić information content (AvgIpc) is 2.57. The van der Waals surface area contributed by atoms with Crippen LogP contribution in [0.15, 0.2) is 0 Å². The minimum atomic E-state index is -0.0531. The van der Waals surface area contributed by atoms with Gasteiger partial charge in [-0.2, -0.15) is 0 Å². The highest BCUT2D eigenvalue weighted by Crippen LogP contribution is 2.27. The van der Waals surface area contributed by atoms with E-state index in [1.807, 2.05) is 6.92 Å². The Morgan fingerprint density at radius 3 is 2.41 bits per heavy atom. The second-order valence-electron chi connectivity index (χ2n) is 4.92. The van der Waals surface area contributed by atoms with Crippen molar-refractivity contribution in [2.45, 2.75) is 64.8 Å². The summed E-state index contributed by atoms with van der Waals surface area (Å²) in [5.41, 5.74) is 0. The molecule has 1 rings (SSSR count). The Bertz CT molecular complexity index is 210. The average molecular weight is 241 g/mol. The van der Waals surface area contributed by atoms with Gasteiger partial charge in [-0.3, -0.25) is 4.79 Å². The van der Waals surface area contributed by atoms with Crippen LogP contribution in [0.3, 0.4) is 0 Å². The first-order chi connectivity index (χ1) is 8.27. The SMILES string of the molecule is CCNC(CC(=O)OCC)C1CCCCCC1. The minimum absolute atomic E-state index is 0.0531. The Morgan fingerprint density at radius 2 is 1.88 bits per heavy atom. The molecule has 0 amide bonds. The molecule has 1 atom stereocenters. The number of hydrogen-bond acceptors (Lipinski definition) is 3. The standard InChI is InChI=1S/C14H27NO2/c1-3-15-13(11-14(16)17-4-2)12-9-7-5-6-8-10-12/h12-13,15H,3-11H2,1-2H3. The van der Waals surface area contributed by atoms with Crippen LogP contribution in [-0.4, -0.2) is 25.2 Å². The van der Waals surface area contributed by atoms with E-state index in [-0.39, 0.29) is 5.97 Å². The molecule has 1 saturated carbocycles. The van der Waals surface area contributed by atoms with Crippen LogP contribution in [0.25, 0.3) is 0 Å². The van der Waals surface area contributed by atoms with Gasteiger partial charge >= 0.3 is 5.97 Å². The molecule has 0 spiro atoms. The second-order valence-corrected chi connectivity index (χ2v) is 4.92. The van der Waals surface area contributed by atoms with E-state index in [0.29, 0.717) is 25.0 Å². The molecule has 100 valence electrons. The molecule has 1 aliphatic rings. The van der Waals surface area contributed by atoms with Gasteiger partial charge in [-0.05, 0) is 32.2 Å². The minimum Gasteiger partial charge on any atom is -0.466 e. The Labute approximate surface area is 105 Å². The van der Waals surface area contributed by atoms with Gasteiger partial charge < -0.3 is 10.1 Å². The summed E-state index contributed by atoms with van der Waals surface area (Å²) >= 11 is 0. The molecule has 1 aliphatic carbocycles. The lowest BCUT2D eigenvalue weighted by molar-refractivity contribution is -0.144. The van der Waals surface area contributed by atoms with Crippen LogP contribution in [0.1, 0.15) is 58.8 Å². The van der Waals surface area contributed by atoms with Crippen LogP contribution in [0.2, 0.25) is 0 Å².